The molecule has 0 amide bonds. The van der Waals surface area contributed by atoms with E-state index in [9.17, 15) is 4.79 Å². The summed E-state index contributed by atoms with van der Waals surface area (Å²) in [7, 11) is 0. The highest BCUT2D eigenvalue weighted by Crippen LogP contribution is 2.23. The molecule has 3 nitrogen and oxygen atoms in total. The molecule has 0 saturated heterocycles. The Bertz CT molecular complexity index is 609. The van der Waals surface area contributed by atoms with Crippen molar-refractivity contribution in [2.45, 2.75) is 26.6 Å². The number of carbonyl (C=O) groups excluding carboxylic acids is 1. The monoisotopic (exact) mass is 348 g/mol. The highest BCUT2D eigenvalue weighted by atomic mass is 79.9. The largest absolute Gasteiger partial charge is 0.491 e. The maximum absolute atomic E-state index is 12.1. The van der Waals surface area contributed by atoms with Crippen molar-refractivity contribution in [2.75, 3.05) is 0 Å². The van der Waals surface area contributed by atoms with Crippen LogP contribution in [0.5, 0.6) is 5.75 Å². The summed E-state index contributed by atoms with van der Waals surface area (Å²) in [6, 6.07) is 14.8. The number of carbonyl (C=O) groups is 1. The first-order valence-corrected chi connectivity index (χ1v) is 7.52. The Labute approximate surface area is 133 Å². The van der Waals surface area contributed by atoms with Crippen LogP contribution in [0, 0.1) is 0 Å². The van der Waals surface area contributed by atoms with Gasteiger partial charge in [0.2, 0.25) is 0 Å². The number of rotatable bonds is 5. The molecule has 0 aromatic heterocycles. The molecule has 4 heteroatoms. The molecule has 0 heterocycles. The molecule has 0 aliphatic carbocycles. The normalized spacial score (nSPS) is 10.5. The first-order valence-electron chi connectivity index (χ1n) is 6.73. The lowest BCUT2D eigenvalue weighted by Crippen LogP contribution is -2.08. The van der Waals surface area contributed by atoms with E-state index < -0.39 is 0 Å². The fourth-order valence-electron chi connectivity index (χ4n) is 1.83. The van der Waals surface area contributed by atoms with Gasteiger partial charge in [-0.3, -0.25) is 0 Å². The van der Waals surface area contributed by atoms with E-state index in [0.29, 0.717) is 11.3 Å². The number of esters is 1. The van der Waals surface area contributed by atoms with Crippen LogP contribution in [0.4, 0.5) is 0 Å². The quantitative estimate of drug-likeness (QED) is 0.741. The van der Waals surface area contributed by atoms with E-state index in [2.05, 4.69) is 15.9 Å². The van der Waals surface area contributed by atoms with Crippen LogP contribution in [0.2, 0.25) is 0 Å². The highest BCUT2D eigenvalue weighted by Gasteiger charge is 2.11. The summed E-state index contributed by atoms with van der Waals surface area (Å²) >= 11 is 3.38. The predicted molar refractivity (Wildman–Crippen MR) is 85.5 cm³/mol. The van der Waals surface area contributed by atoms with E-state index in [1.165, 1.54) is 0 Å². The van der Waals surface area contributed by atoms with E-state index in [1.54, 1.807) is 12.1 Å². The number of benzene rings is 2. The average Bonchev–Trinajstić information content (AvgIpc) is 2.44. The minimum atomic E-state index is -0.367. The van der Waals surface area contributed by atoms with Crippen LogP contribution in [0.1, 0.15) is 29.8 Å². The minimum absolute atomic E-state index is 0.0486. The van der Waals surface area contributed by atoms with Crippen LogP contribution < -0.4 is 4.74 Å². The van der Waals surface area contributed by atoms with Gasteiger partial charge >= 0.3 is 5.97 Å². The van der Waals surface area contributed by atoms with E-state index in [4.69, 9.17) is 9.47 Å². The van der Waals surface area contributed by atoms with Crippen molar-refractivity contribution in [3.8, 4) is 5.75 Å². The van der Waals surface area contributed by atoms with Crippen molar-refractivity contribution >= 4 is 21.9 Å². The molecule has 0 atom stereocenters. The van der Waals surface area contributed by atoms with Crippen LogP contribution in [0.25, 0.3) is 0 Å². The molecule has 0 fully saturated rings. The summed E-state index contributed by atoms with van der Waals surface area (Å²) in [5.41, 5.74) is 1.43. The molecule has 0 N–H and O–H groups in total. The Morgan fingerprint density at radius 2 is 1.86 bits per heavy atom. The van der Waals surface area contributed by atoms with Gasteiger partial charge in [0, 0.05) is 4.47 Å². The zero-order valence-corrected chi connectivity index (χ0v) is 13.6. The summed E-state index contributed by atoms with van der Waals surface area (Å²) < 4.78 is 11.7. The van der Waals surface area contributed by atoms with Gasteiger partial charge in [0.15, 0.2) is 0 Å². The smallest absolute Gasteiger partial charge is 0.338 e. The molecular weight excluding hydrogens is 332 g/mol. The van der Waals surface area contributed by atoms with Crippen LogP contribution >= 0.6 is 15.9 Å². The topological polar surface area (TPSA) is 35.5 Å². The summed E-state index contributed by atoms with van der Waals surface area (Å²) in [6.07, 6.45) is 0.0486. The van der Waals surface area contributed by atoms with Gasteiger partial charge in [-0.05, 0) is 37.6 Å². The van der Waals surface area contributed by atoms with Crippen LogP contribution in [-0.4, -0.2) is 12.1 Å². The third-order valence-corrected chi connectivity index (χ3v) is 3.15. The van der Waals surface area contributed by atoms with Crippen molar-refractivity contribution < 1.29 is 14.3 Å². The van der Waals surface area contributed by atoms with E-state index in [-0.39, 0.29) is 18.7 Å². The van der Waals surface area contributed by atoms with Crippen molar-refractivity contribution in [1.29, 1.82) is 0 Å². The molecule has 0 saturated carbocycles. The summed E-state index contributed by atoms with van der Waals surface area (Å²) in [6.45, 7) is 4.13. The molecule has 0 spiro atoms. The van der Waals surface area contributed by atoms with Gasteiger partial charge < -0.3 is 9.47 Å². The zero-order chi connectivity index (χ0) is 15.2. The maximum atomic E-state index is 12.1. The number of ether oxygens (including phenoxy) is 2. The molecule has 2 aromatic rings. The van der Waals surface area contributed by atoms with Gasteiger partial charge in [-0.25, -0.2) is 4.79 Å². The van der Waals surface area contributed by atoms with Gasteiger partial charge in [-0.1, -0.05) is 46.3 Å². The summed E-state index contributed by atoms with van der Waals surface area (Å²) in [4.78, 5) is 12.1. The van der Waals surface area contributed by atoms with Gasteiger partial charge in [0.1, 0.15) is 12.4 Å². The molecule has 0 radical (unpaired) electrons. The number of hydrogen-bond donors (Lipinski definition) is 0. The molecule has 0 aliphatic rings. The minimum Gasteiger partial charge on any atom is -0.491 e. The number of halogens is 1. The average molecular weight is 349 g/mol. The van der Waals surface area contributed by atoms with Crippen molar-refractivity contribution in [1.82, 2.24) is 0 Å². The SMILES string of the molecule is CC(C)Oc1cc(Br)cc(C(=O)OCc2ccccc2)c1. The Kier molecular flexibility index (Phi) is 5.39. The van der Waals surface area contributed by atoms with Gasteiger partial charge in [0.25, 0.3) is 0 Å². The van der Waals surface area contributed by atoms with E-state index >= 15 is 0 Å². The third-order valence-electron chi connectivity index (χ3n) is 2.69. The van der Waals surface area contributed by atoms with E-state index in [1.807, 2.05) is 50.2 Å². The molecule has 21 heavy (non-hydrogen) atoms. The van der Waals surface area contributed by atoms with Gasteiger partial charge in [0.05, 0.1) is 11.7 Å². The van der Waals surface area contributed by atoms with Gasteiger partial charge in [-0.2, -0.15) is 0 Å². The maximum Gasteiger partial charge on any atom is 0.338 e. The van der Waals surface area contributed by atoms with E-state index in [0.717, 1.165) is 10.0 Å². The molecule has 2 aromatic carbocycles. The Morgan fingerprint density at radius 1 is 1.14 bits per heavy atom. The Morgan fingerprint density at radius 3 is 2.52 bits per heavy atom. The molecule has 110 valence electrons. The first-order chi connectivity index (χ1) is 10.0. The molecule has 0 aliphatic heterocycles. The van der Waals surface area contributed by atoms with Crippen LogP contribution in [0.3, 0.4) is 0 Å². The third kappa shape index (κ3) is 4.90. The van der Waals surface area contributed by atoms with Crippen LogP contribution in [0.15, 0.2) is 53.0 Å². The van der Waals surface area contributed by atoms with Crippen LogP contribution in [-0.2, 0) is 11.3 Å². The lowest BCUT2D eigenvalue weighted by atomic mass is 10.2. The van der Waals surface area contributed by atoms with Crippen molar-refractivity contribution in [3.05, 3.63) is 64.1 Å². The number of hydrogen-bond acceptors (Lipinski definition) is 3. The van der Waals surface area contributed by atoms with Crippen molar-refractivity contribution in [3.63, 3.8) is 0 Å². The van der Waals surface area contributed by atoms with Gasteiger partial charge in [-0.15, -0.1) is 0 Å². The fraction of sp³-hybridized carbons (Fsp3) is 0.235. The molecule has 0 bridgehead atoms. The summed E-state index contributed by atoms with van der Waals surface area (Å²) in [5.74, 6) is 0.278. The Hall–Kier alpha value is -1.81. The predicted octanol–water partition coefficient (Wildman–Crippen LogP) is 4.59. The standard InChI is InChI=1S/C17H17BrO3/c1-12(2)21-16-9-14(8-15(18)10-16)17(19)20-11-13-6-4-3-5-7-13/h3-10,12H,11H2,1-2H3. The zero-order valence-electron chi connectivity index (χ0n) is 12.0. The molecule has 0 unspecified atom stereocenters. The van der Waals surface area contributed by atoms with Crippen molar-refractivity contribution in [2.24, 2.45) is 0 Å². The lowest BCUT2D eigenvalue weighted by Gasteiger charge is -2.12. The molecular formula is C17H17BrO3. The second-order valence-corrected chi connectivity index (χ2v) is 5.82. The fourth-order valence-corrected chi connectivity index (χ4v) is 2.30. The first kappa shape index (κ1) is 15.6. The lowest BCUT2D eigenvalue weighted by molar-refractivity contribution is 0.0472. The molecule has 2 rings (SSSR count). The summed E-state index contributed by atoms with van der Waals surface area (Å²) in [5, 5.41) is 0. The highest BCUT2D eigenvalue weighted by molar-refractivity contribution is 9.10. The second-order valence-electron chi connectivity index (χ2n) is 4.90. The second kappa shape index (κ2) is 7.27. The Balaban J connectivity index is 2.06.